The SMILES string of the molecule is COC(=O)CCC(CSC(C)=O)SC(C)=O. The third-order valence-electron chi connectivity index (χ3n) is 1.70. The topological polar surface area (TPSA) is 60.4 Å². The number of esters is 1. The van der Waals surface area contributed by atoms with Crippen LogP contribution < -0.4 is 0 Å². The lowest BCUT2D eigenvalue weighted by atomic mass is 10.2. The molecule has 16 heavy (non-hydrogen) atoms. The highest BCUT2D eigenvalue weighted by Gasteiger charge is 2.15. The summed E-state index contributed by atoms with van der Waals surface area (Å²) in [5.41, 5.74) is 0. The zero-order valence-electron chi connectivity index (χ0n) is 9.65. The van der Waals surface area contributed by atoms with E-state index >= 15 is 0 Å². The lowest BCUT2D eigenvalue weighted by Gasteiger charge is -2.12. The molecule has 0 aromatic carbocycles. The van der Waals surface area contributed by atoms with Gasteiger partial charge in [0.1, 0.15) is 0 Å². The van der Waals surface area contributed by atoms with Crippen LogP contribution in [0.1, 0.15) is 26.7 Å². The second-order valence-corrected chi connectivity index (χ2v) is 5.82. The first-order valence-electron chi connectivity index (χ1n) is 4.83. The summed E-state index contributed by atoms with van der Waals surface area (Å²) in [5, 5.41) is 0.0109. The molecule has 1 unspecified atom stereocenters. The molecule has 0 saturated carbocycles. The standard InChI is InChI=1S/C10H16O4S2/c1-7(11)15-6-9(16-8(2)12)4-5-10(13)14-3/h9H,4-6H2,1-3H3. The highest BCUT2D eigenvalue weighted by Crippen LogP contribution is 2.22. The van der Waals surface area contributed by atoms with Gasteiger partial charge in [-0.25, -0.2) is 0 Å². The summed E-state index contributed by atoms with van der Waals surface area (Å²) in [7, 11) is 1.33. The van der Waals surface area contributed by atoms with E-state index in [9.17, 15) is 14.4 Å². The predicted molar refractivity (Wildman–Crippen MR) is 66.4 cm³/mol. The van der Waals surface area contributed by atoms with Crippen LogP contribution in [-0.4, -0.2) is 34.3 Å². The maximum Gasteiger partial charge on any atom is 0.305 e. The molecule has 0 aromatic rings. The molecule has 0 heterocycles. The highest BCUT2D eigenvalue weighted by molar-refractivity contribution is 8.17. The van der Waals surface area contributed by atoms with Crippen LogP contribution in [0.25, 0.3) is 0 Å². The van der Waals surface area contributed by atoms with Crippen LogP contribution in [-0.2, 0) is 19.1 Å². The van der Waals surface area contributed by atoms with Crippen molar-refractivity contribution in [3.8, 4) is 0 Å². The van der Waals surface area contributed by atoms with E-state index in [-0.39, 0.29) is 27.9 Å². The van der Waals surface area contributed by atoms with E-state index in [0.717, 1.165) is 0 Å². The van der Waals surface area contributed by atoms with Gasteiger partial charge >= 0.3 is 5.97 Å². The third kappa shape index (κ3) is 8.79. The molecule has 0 saturated heterocycles. The number of carbonyl (C=O) groups is 3. The first kappa shape index (κ1) is 15.5. The van der Waals surface area contributed by atoms with E-state index in [4.69, 9.17) is 0 Å². The van der Waals surface area contributed by atoms with Crippen LogP contribution in [0, 0.1) is 0 Å². The van der Waals surface area contributed by atoms with Crippen LogP contribution >= 0.6 is 23.5 Å². The van der Waals surface area contributed by atoms with Gasteiger partial charge in [0.25, 0.3) is 0 Å². The van der Waals surface area contributed by atoms with Gasteiger partial charge in [0.15, 0.2) is 10.2 Å². The Labute approximate surface area is 104 Å². The molecule has 0 fully saturated rings. The molecule has 0 aromatic heterocycles. The Kier molecular flexibility index (Phi) is 8.37. The van der Waals surface area contributed by atoms with Gasteiger partial charge in [-0.15, -0.1) is 0 Å². The van der Waals surface area contributed by atoms with Gasteiger partial charge in [-0.05, 0) is 6.42 Å². The highest BCUT2D eigenvalue weighted by atomic mass is 32.2. The van der Waals surface area contributed by atoms with Crippen LogP contribution in [0.4, 0.5) is 0 Å². The Morgan fingerprint density at radius 3 is 2.25 bits per heavy atom. The molecular formula is C10H16O4S2. The van der Waals surface area contributed by atoms with Gasteiger partial charge in [0, 0.05) is 31.3 Å². The van der Waals surface area contributed by atoms with E-state index in [1.165, 1.54) is 44.5 Å². The molecule has 0 amide bonds. The summed E-state index contributed by atoms with van der Waals surface area (Å²) in [4.78, 5) is 32.7. The largest absolute Gasteiger partial charge is 0.469 e. The molecule has 1 atom stereocenters. The number of hydrogen-bond acceptors (Lipinski definition) is 6. The zero-order valence-corrected chi connectivity index (χ0v) is 11.3. The van der Waals surface area contributed by atoms with Gasteiger partial charge in [-0.1, -0.05) is 23.5 Å². The van der Waals surface area contributed by atoms with E-state index in [1.54, 1.807) is 0 Å². The molecule has 0 bridgehead atoms. The summed E-state index contributed by atoms with van der Waals surface area (Å²) < 4.78 is 4.52. The minimum atomic E-state index is -0.290. The monoisotopic (exact) mass is 264 g/mol. The quantitative estimate of drug-likeness (QED) is 0.683. The van der Waals surface area contributed by atoms with Crippen molar-refractivity contribution in [2.24, 2.45) is 0 Å². The van der Waals surface area contributed by atoms with E-state index in [2.05, 4.69) is 4.74 Å². The smallest absolute Gasteiger partial charge is 0.305 e. The third-order valence-corrected chi connectivity index (χ3v) is 3.96. The molecule has 0 N–H and O–H groups in total. The molecule has 92 valence electrons. The predicted octanol–water partition coefficient (Wildman–Crippen LogP) is 1.87. The molecule has 0 aliphatic heterocycles. The second-order valence-electron chi connectivity index (χ2n) is 3.15. The number of methoxy groups -OCH3 is 1. The van der Waals surface area contributed by atoms with Crippen molar-refractivity contribution in [3.05, 3.63) is 0 Å². The van der Waals surface area contributed by atoms with Crippen molar-refractivity contribution in [2.75, 3.05) is 12.9 Å². The van der Waals surface area contributed by atoms with Crippen molar-refractivity contribution < 1.29 is 19.1 Å². The van der Waals surface area contributed by atoms with Gasteiger partial charge in [0.2, 0.25) is 0 Å². The van der Waals surface area contributed by atoms with E-state index in [0.29, 0.717) is 12.2 Å². The van der Waals surface area contributed by atoms with Crippen LogP contribution in [0.15, 0.2) is 0 Å². The van der Waals surface area contributed by atoms with Crippen molar-refractivity contribution in [2.45, 2.75) is 31.9 Å². The van der Waals surface area contributed by atoms with Crippen molar-refractivity contribution in [1.29, 1.82) is 0 Å². The summed E-state index contributed by atoms with van der Waals surface area (Å²) >= 11 is 2.35. The normalized spacial score (nSPS) is 11.9. The summed E-state index contributed by atoms with van der Waals surface area (Å²) in [5.74, 6) is 0.262. The summed E-state index contributed by atoms with van der Waals surface area (Å²) in [6.07, 6.45) is 0.830. The Bertz CT molecular complexity index is 266. The number of thioether (sulfide) groups is 2. The van der Waals surface area contributed by atoms with Crippen molar-refractivity contribution in [3.63, 3.8) is 0 Å². The molecule has 0 radical (unpaired) electrons. The number of rotatable bonds is 6. The molecule has 0 aliphatic rings. The van der Waals surface area contributed by atoms with E-state index in [1.807, 2.05) is 0 Å². The molecular weight excluding hydrogens is 248 g/mol. The van der Waals surface area contributed by atoms with Gasteiger partial charge in [-0.2, -0.15) is 0 Å². The maximum absolute atomic E-state index is 11.0. The van der Waals surface area contributed by atoms with Gasteiger partial charge < -0.3 is 4.74 Å². The van der Waals surface area contributed by atoms with Crippen LogP contribution in [0.2, 0.25) is 0 Å². The molecule has 4 nitrogen and oxygen atoms in total. The Balaban J connectivity index is 4.04. The Hall–Kier alpha value is -0.490. The number of ether oxygens (including phenoxy) is 1. The summed E-state index contributed by atoms with van der Waals surface area (Å²) in [6.45, 7) is 2.97. The fraction of sp³-hybridized carbons (Fsp3) is 0.700. The minimum Gasteiger partial charge on any atom is -0.469 e. The maximum atomic E-state index is 11.0. The fourth-order valence-corrected chi connectivity index (χ4v) is 2.77. The van der Waals surface area contributed by atoms with Crippen LogP contribution in [0.5, 0.6) is 0 Å². The van der Waals surface area contributed by atoms with Crippen LogP contribution in [0.3, 0.4) is 0 Å². The first-order valence-corrected chi connectivity index (χ1v) is 6.69. The Morgan fingerprint density at radius 1 is 1.19 bits per heavy atom. The van der Waals surface area contributed by atoms with E-state index < -0.39 is 0 Å². The van der Waals surface area contributed by atoms with Gasteiger partial charge in [-0.3, -0.25) is 14.4 Å². The minimum absolute atomic E-state index is 0.000909. The zero-order chi connectivity index (χ0) is 12.6. The molecule has 0 spiro atoms. The Morgan fingerprint density at radius 2 is 1.81 bits per heavy atom. The second kappa shape index (κ2) is 8.64. The average molecular weight is 264 g/mol. The number of carbonyl (C=O) groups excluding carboxylic acids is 3. The summed E-state index contributed by atoms with van der Waals surface area (Å²) in [6, 6.07) is 0. The molecule has 6 heteroatoms. The number of hydrogen-bond donors (Lipinski definition) is 0. The average Bonchev–Trinajstić information content (AvgIpc) is 2.20. The lowest BCUT2D eigenvalue weighted by Crippen LogP contribution is -2.13. The lowest BCUT2D eigenvalue weighted by molar-refractivity contribution is -0.140. The first-order chi connectivity index (χ1) is 7.45. The molecule has 0 aliphatic carbocycles. The van der Waals surface area contributed by atoms with Gasteiger partial charge in [0.05, 0.1) is 7.11 Å². The fourth-order valence-electron chi connectivity index (χ4n) is 1.00. The van der Waals surface area contributed by atoms with Crippen molar-refractivity contribution in [1.82, 2.24) is 0 Å². The molecule has 0 rings (SSSR count). The van der Waals surface area contributed by atoms with Crippen molar-refractivity contribution >= 4 is 39.7 Å².